The van der Waals surface area contributed by atoms with Gasteiger partial charge in [-0.3, -0.25) is 5.84 Å². The van der Waals surface area contributed by atoms with Crippen molar-refractivity contribution in [1.82, 2.24) is 4.98 Å². The second-order valence-corrected chi connectivity index (χ2v) is 4.08. The highest BCUT2D eigenvalue weighted by Crippen LogP contribution is 2.38. The van der Waals surface area contributed by atoms with Crippen LogP contribution in [-0.4, -0.2) is 12.1 Å². The number of rotatable bonds is 2. The maximum absolute atomic E-state index is 12.8. The number of methoxy groups -OCH3 is 1. The lowest BCUT2D eigenvalue weighted by atomic mass is 10.1. The highest BCUT2D eigenvalue weighted by Gasteiger charge is 2.34. The molecule has 102 valence electrons. The lowest BCUT2D eigenvalue weighted by molar-refractivity contribution is -0.140. The number of hydrogen-bond donors (Lipinski definition) is 2. The Morgan fingerprint density at radius 1 is 1.37 bits per heavy atom. The molecular formula is C11H9ClF3N3O. The van der Waals surface area contributed by atoms with Crippen molar-refractivity contribution in [3.63, 3.8) is 0 Å². The van der Waals surface area contributed by atoms with E-state index in [4.69, 9.17) is 22.2 Å². The molecule has 0 atom stereocenters. The lowest BCUT2D eigenvalue weighted by Gasteiger charge is -2.14. The van der Waals surface area contributed by atoms with Gasteiger partial charge < -0.3 is 10.2 Å². The molecule has 0 saturated carbocycles. The summed E-state index contributed by atoms with van der Waals surface area (Å²) in [6, 6.07) is 3.74. The van der Waals surface area contributed by atoms with Gasteiger partial charge in [0.1, 0.15) is 17.0 Å². The van der Waals surface area contributed by atoms with Crippen molar-refractivity contribution in [1.29, 1.82) is 0 Å². The molecule has 0 amide bonds. The minimum Gasteiger partial charge on any atom is -0.494 e. The topological polar surface area (TPSA) is 60.2 Å². The van der Waals surface area contributed by atoms with Gasteiger partial charge in [-0.2, -0.15) is 13.2 Å². The number of hydrogen-bond acceptors (Lipinski definition) is 4. The summed E-state index contributed by atoms with van der Waals surface area (Å²) in [6.07, 6.45) is -4.59. The Morgan fingerprint density at radius 2 is 2.05 bits per heavy atom. The normalized spacial score (nSPS) is 11.7. The number of fused-ring (bicyclic) bond motifs is 1. The number of nitrogen functional groups attached to an aromatic ring is 1. The molecule has 0 fully saturated rings. The smallest absolute Gasteiger partial charge is 0.433 e. The van der Waals surface area contributed by atoms with Crippen LogP contribution in [0.5, 0.6) is 5.75 Å². The first-order chi connectivity index (χ1) is 8.88. The van der Waals surface area contributed by atoms with Gasteiger partial charge in [-0.1, -0.05) is 11.6 Å². The van der Waals surface area contributed by atoms with E-state index < -0.39 is 11.9 Å². The summed E-state index contributed by atoms with van der Waals surface area (Å²) in [7, 11) is 1.33. The standard InChI is InChI=1S/C11H9ClF3N3O/c1-19-7-3-2-5(12)9-6(18-16)4-8(11(13,14)15)17-10(7)9/h2-4H,16H2,1H3,(H,17,18). The molecule has 1 aromatic heterocycles. The van der Waals surface area contributed by atoms with Gasteiger partial charge in [-0.05, 0) is 18.2 Å². The van der Waals surface area contributed by atoms with E-state index in [1.165, 1.54) is 19.2 Å². The monoisotopic (exact) mass is 291 g/mol. The van der Waals surface area contributed by atoms with E-state index in [1.807, 2.05) is 0 Å². The average Bonchev–Trinajstić information content (AvgIpc) is 2.37. The highest BCUT2D eigenvalue weighted by molar-refractivity contribution is 6.36. The first kappa shape index (κ1) is 13.7. The molecule has 4 nitrogen and oxygen atoms in total. The van der Waals surface area contributed by atoms with Crippen molar-refractivity contribution >= 4 is 28.2 Å². The van der Waals surface area contributed by atoms with E-state index in [-0.39, 0.29) is 27.4 Å². The van der Waals surface area contributed by atoms with E-state index in [9.17, 15) is 13.2 Å². The molecule has 8 heteroatoms. The fourth-order valence-corrected chi connectivity index (χ4v) is 1.95. The minimum atomic E-state index is -4.59. The summed E-state index contributed by atoms with van der Waals surface area (Å²) < 4.78 is 43.3. The van der Waals surface area contributed by atoms with E-state index >= 15 is 0 Å². The van der Waals surface area contributed by atoms with Crippen molar-refractivity contribution in [3.05, 3.63) is 28.9 Å². The number of ether oxygens (including phenoxy) is 1. The highest BCUT2D eigenvalue weighted by atomic mass is 35.5. The van der Waals surface area contributed by atoms with E-state index in [0.29, 0.717) is 0 Å². The second kappa shape index (κ2) is 4.75. The predicted octanol–water partition coefficient (Wildman–Crippen LogP) is 3.20. The molecule has 19 heavy (non-hydrogen) atoms. The van der Waals surface area contributed by atoms with Crippen molar-refractivity contribution in [3.8, 4) is 5.75 Å². The molecule has 0 bridgehead atoms. The Labute approximate surface area is 111 Å². The Hall–Kier alpha value is -1.73. The number of pyridine rings is 1. The van der Waals surface area contributed by atoms with Crippen LogP contribution in [-0.2, 0) is 6.18 Å². The first-order valence-electron chi connectivity index (χ1n) is 5.09. The Morgan fingerprint density at radius 3 is 2.58 bits per heavy atom. The van der Waals surface area contributed by atoms with Gasteiger partial charge in [0.25, 0.3) is 0 Å². The summed E-state index contributed by atoms with van der Waals surface area (Å²) in [4.78, 5) is 3.56. The fourth-order valence-electron chi connectivity index (χ4n) is 1.70. The summed E-state index contributed by atoms with van der Waals surface area (Å²) in [6.45, 7) is 0. The van der Waals surface area contributed by atoms with Crippen LogP contribution in [0.25, 0.3) is 10.9 Å². The third-order valence-corrected chi connectivity index (χ3v) is 2.85. The molecule has 2 aromatic rings. The van der Waals surface area contributed by atoms with Crippen LogP contribution >= 0.6 is 11.6 Å². The van der Waals surface area contributed by atoms with Crippen LogP contribution in [0, 0.1) is 0 Å². The minimum absolute atomic E-state index is 0.00206. The zero-order valence-corrected chi connectivity index (χ0v) is 10.4. The molecule has 0 unspecified atom stereocenters. The number of benzene rings is 1. The number of hydrazine groups is 1. The zero-order chi connectivity index (χ0) is 14.2. The number of nitrogens with two attached hydrogens (primary N) is 1. The second-order valence-electron chi connectivity index (χ2n) is 3.67. The van der Waals surface area contributed by atoms with Gasteiger partial charge in [0.15, 0.2) is 0 Å². The van der Waals surface area contributed by atoms with E-state index in [1.54, 1.807) is 0 Å². The predicted molar refractivity (Wildman–Crippen MR) is 66.1 cm³/mol. The number of halogens is 4. The summed E-state index contributed by atoms with van der Waals surface area (Å²) in [5.74, 6) is 5.43. The van der Waals surface area contributed by atoms with Gasteiger partial charge >= 0.3 is 6.18 Å². The van der Waals surface area contributed by atoms with Crippen LogP contribution in [0.4, 0.5) is 18.9 Å². The molecular weight excluding hydrogens is 283 g/mol. The van der Waals surface area contributed by atoms with Crippen LogP contribution in [0.3, 0.4) is 0 Å². The van der Waals surface area contributed by atoms with Gasteiger partial charge in [-0.15, -0.1) is 0 Å². The number of nitrogens with one attached hydrogen (secondary N) is 1. The van der Waals surface area contributed by atoms with Crippen molar-refractivity contribution in [2.24, 2.45) is 5.84 Å². The number of nitrogens with zero attached hydrogens (tertiary/aromatic N) is 1. The van der Waals surface area contributed by atoms with E-state index in [2.05, 4.69) is 10.4 Å². The molecule has 3 N–H and O–H groups in total. The first-order valence-corrected chi connectivity index (χ1v) is 5.47. The maximum atomic E-state index is 12.8. The molecule has 0 radical (unpaired) electrons. The van der Waals surface area contributed by atoms with Gasteiger partial charge in [0.2, 0.25) is 0 Å². The average molecular weight is 292 g/mol. The van der Waals surface area contributed by atoms with Crippen molar-refractivity contribution < 1.29 is 17.9 Å². The molecule has 2 rings (SSSR count). The lowest BCUT2D eigenvalue weighted by Crippen LogP contribution is -2.13. The van der Waals surface area contributed by atoms with Crippen LogP contribution < -0.4 is 16.0 Å². The van der Waals surface area contributed by atoms with Crippen LogP contribution in [0.1, 0.15) is 5.69 Å². The van der Waals surface area contributed by atoms with Gasteiger partial charge in [-0.25, -0.2) is 4.98 Å². The number of alkyl halides is 3. The maximum Gasteiger partial charge on any atom is 0.433 e. The summed E-state index contributed by atoms with van der Waals surface area (Å²) in [5.41, 5.74) is 1.15. The SMILES string of the molecule is COc1ccc(Cl)c2c(NN)cc(C(F)(F)F)nc12. The van der Waals surface area contributed by atoms with Crippen LogP contribution in [0.15, 0.2) is 18.2 Å². The van der Waals surface area contributed by atoms with Crippen LogP contribution in [0.2, 0.25) is 5.02 Å². The molecule has 0 aliphatic rings. The molecule has 0 aliphatic carbocycles. The zero-order valence-electron chi connectivity index (χ0n) is 9.68. The summed E-state index contributed by atoms with van der Waals surface area (Å²) in [5, 5.41) is 0.501. The van der Waals surface area contributed by atoms with Gasteiger partial charge in [0, 0.05) is 5.39 Å². The Balaban J connectivity index is 2.88. The molecule has 0 spiro atoms. The van der Waals surface area contributed by atoms with E-state index in [0.717, 1.165) is 6.07 Å². The van der Waals surface area contributed by atoms with Crippen molar-refractivity contribution in [2.75, 3.05) is 12.5 Å². The quantitative estimate of drug-likeness (QED) is 0.659. The fraction of sp³-hybridized carbons (Fsp3) is 0.182. The molecule has 1 aromatic carbocycles. The number of anilines is 1. The van der Waals surface area contributed by atoms with Crippen molar-refractivity contribution in [2.45, 2.75) is 6.18 Å². The number of aromatic nitrogens is 1. The third-order valence-electron chi connectivity index (χ3n) is 2.54. The molecule has 1 heterocycles. The third kappa shape index (κ3) is 2.39. The Kier molecular flexibility index (Phi) is 3.42. The molecule has 0 aliphatic heterocycles. The van der Waals surface area contributed by atoms with Gasteiger partial charge in [0.05, 0.1) is 17.8 Å². The molecule has 0 saturated heterocycles. The Bertz CT molecular complexity index is 631. The summed E-state index contributed by atoms with van der Waals surface area (Å²) >= 11 is 5.96. The largest absolute Gasteiger partial charge is 0.494 e.